The van der Waals surface area contributed by atoms with Crippen LogP contribution in [0.5, 0.6) is 0 Å². The second kappa shape index (κ2) is 5.65. The molecule has 17 heavy (non-hydrogen) atoms. The van der Waals surface area contributed by atoms with Crippen molar-refractivity contribution in [3.63, 3.8) is 0 Å². The van der Waals surface area contributed by atoms with Crippen LogP contribution in [0.25, 0.3) is 0 Å². The number of nitrogens with zero attached hydrogens (tertiary/aromatic N) is 1. The van der Waals surface area contributed by atoms with Crippen molar-refractivity contribution in [2.45, 2.75) is 26.2 Å². The van der Waals surface area contributed by atoms with E-state index in [4.69, 9.17) is 4.74 Å². The van der Waals surface area contributed by atoms with Gasteiger partial charge in [0.05, 0.1) is 12.0 Å². The summed E-state index contributed by atoms with van der Waals surface area (Å²) < 4.78 is 4.93. The van der Waals surface area contributed by atoms with Gasteiger partial charge < -0.3 is 24.3 Å². The number of piperidine rings is 1. The SMILES string of the molecule is CCOC(=O)C1(CC=O)CCCN(C(=O)[O-])C1. The van der Waals surface area contributed by atoms with Gasteiger partial charge in [0, 0.05) is 19.5 Å². The van der Waals surface area contributed by atoms with Gasteiger partial charge in [-0.15, -0.1) is 0 Å². The molecule has 1 saturated heterocycles. The van der Waals surface area contributed by atoms with Crippen molar-refractivity contribution in [2.24, 2.45) is 5.41 Å². The molecule has 6 heteroatoms. The van der Waals surface area contributed by atoms with Crippen LogP contribution in [-0.2, 0) is 14.3 Å². The number of amides is 1. The van der Waals surface area contributed by atoms with Crippen LogP contribution in [0.4, 0.5) is 4.79 Å². The monoisotopic (exact) mass is 242 g/mol. The molecule has 1 fully saturated rings. The van der Waals surface area contributed by atoms with Crippen molar-refractivity contribution >= 4 is 18.3 Å². The normalized spacial score (nSPS) is 24.2. The van der Waals surface area contributed by atoms with Crippen molar-refractivity contribution in [3.05, 3.63) is 0 Å². The predicted octanol–water partition coefficient (Wildman–Crippen LogP) is -0.436. The Bertz CT molecular complexity index is 317. The zero-order valence-electron chi connectivity index (χ0n) is 9.81. The fourth-order valence-electron chi connectivity index (χ4n) is 2.15. The third kappa shape index (κ3) is 2.95. The number of hydrogen-bond donors (Lipinski definition) is 0. The molecule has 6 nitrogen and oxygen atoms in total. The summed E-state index contributed by atoms with van der Waals surface area (Å²) in [4.78, 5) is 34.4. The Labute approximate surface area is 99.5 Å². The third-order valence-electron chi connectivity index (χ3n) is 3.02. The van der Waals surface area contributed by atoms with E-state index in [1.165, 1.54) is 0 Å². The predicted molar refractivity (Wildman–Crippen MR) is 56.0 cm³/mol. The Kier molecular flexibility index (Phi) is 4.48. The van der Waals surface area contributed by atoms with Gasteiger partial charge in [0.15, 0.2) is 0 Å². The summed E-state index contributed by atoms with van der Waals surface area (Å²) in [6.07, 6.45) is 0.296. The van der Waals surface area contributed by atoms with Crippen LogP contribution in [0, 0.1) is 5.41 Å². The zero-order chi connectivity index (χ0) is 12.9. The van der Waals surface area contributed by atoms with E-state index in [-0.39, 0.29) is 19.6 Å². The van der Waals surface area contributed by atoms with E-state index in [1.54, 1.807) is 6.92 Å². The Morgan fingerprint density at radius 1 is 1.53 bits per heavy atom. The molecule has 0 spiro atoms. The molecule has 0 N–H and O–H groups in total. The molecular weight excluding hydrogens is 226 g/mol. The first-order valence-electron chi connectivity index (χ1n) is 5.62. The molecule has 0 aromatic heterocycles. The molecule has 1 aliphatic heterocycles. The van der Waals surface area contributed by atoms with Crippen molar-refractivity contribution in [1.29, 1.82) is 0 Å². The summed E-state index contributed by atoms with van der Waals surface area (Å²) in [5, 5.41) is 10.8. The average molecular weight is 242 g/mol. The van der Waals surface area contributed by atoms with Crippen molar-refractivity contribution in [2.75, 3.05) is 19.7 Å². The first kappa shape index (κ1) is 13.5. The highest BCUT2D eigenvalue weighted by atomic mass is 16.5. The first-order chi connectivity index (χ1) is 8.05. The smallest absolute Gasteiger partial charge is 0.314 e. The lowest BCUT2D eigenvalue weighted by Gasteiger charge is -2.41. The van der Waals surface area contributed by atoms with E-state index < -0.39 is 17.5 Å². The van der Waals surface area contributed by atoms with Gasteiger partial charge in [0.2, 0.25) is 0 Å². The minimum Gasteiger partial charge on any atom is -0.530 e. The molecular formula is C11H16NO5-. The second-order valence-corrected chi connectivity index (χ2v) is 4.16. The maximum Gasteiger partial charge on any atom is 0.314 e. The summed E-state index contributed by atoms with van der Waals surface area (Å²) >= 11 is 0. The molecule has 0 saturated carbocycles. The van der Waals surface area contributed by atoms with E-state index in [9.17, 15) is 19.5 Å². The molecule has 0 aromatic rings. The quantitative estimate of drug-likeness (QED) is 0.493. The van der Waals surface area contributed by atoms with Crippen molar-refractivity contribution in [1.82, 2.24) is 4.90 Å². The lowest BCUT2D eigenvalue weighted by molar-refractivity contribution is -0.268. The molecule has 0 aromatic carbocycles. The number of likely N-dealkylation sites (tertiary alicyclic amines) is 1. The van der Waals surface area contributed by atoms with Gasteiger partial charge in [-0.25, -0.2) is 0 Å². The molecule has 0 radical (unpaired) electrons. The van der Waals surface area contributed by atoms with Crippen molar-refractivity contribution < 1.29 is 24.2 Å². The van der Waals surface area contributed by atoms with Gasteiger partial charge in [-0.2, -0.15) is 0 Å². The summed E-state index contributed by atoms with van der Waals surface area (Å²) in [6, 6.07) is 0. The molecule has 0 aliphatic carbocycles. The number of esters is 1. The number of hydrogen-bond acceptors (Lipinski definition) is 5. The molecule has 1 aliphatic rings. The molecule has 1 heterocycles. The number of carbonyl (C=O) groups excluding carboxylic acids is 3. The Hall–Kier alpha value is -1.59. The highest BCUT2D eigenvalue weighted by Crippen LogP contribution is 2.34. The fraction of sp³-hybridized carbons (Fsp3) is 0.727. The van der Waals surface area contributed by atoms with E-state index in [2.05, 4.69) is 0 Å². The minimum absolute atomic E-state index is 0.0182. The maximum absolute atomic E-state index is 11.9. The summed E-state index contributed by atoms with van der Waals surface area (Å²) in [5.41, 5.74) is -1.03. The molecule has 1 unspecified atom stereocenters. The van der Waals surface area contributed by atoms with Crippen LogP contribution in [0.2, 0.25) is 0 Å². The zero-order valence-corrected chi connectivity index (χ0v) is 9.81. The maximum atomic E-state index is 11.9. The van der Waals surface area contributed by atoms with E-state index in [0.717, 1.165) is 4.90 Å². The fourth-order valence-corrected chi connectivity index (χ4v) is 2.15. The van der Waals surface area contributed by atoms with Gasteiger partial charge in [-0.05, 0) is 19.8 Å². The number of carbonyl (C=O) groups is 3. The van der Waals surface area contributed by atoms with Crippen LogP contribution in [-0.4, -0.2) is 42.9 Å². The van der Waals surface area contributed by atoms with Gasteiger partial charge in [0.25, 0.3) is 0 Å². The van der Waals surface area contributed by atoms with E-state index in [1.807, 2.05) is 0 Å². The van der Waals surface area contributed by atoms with Gasteiger partial charge >= 0.3 is 5.97 Å². The third-order valence-corrected chi connectivity index (χ3v) is 3.02. The Balaban J connectivity index is 2.86. The standard InChI is InChI=1S/C11H17NO5/c1-2-17-9(14)11(5-7-13)4-3-6-12(8-11)10(15)16/h7H,2-6,8H2,1H3,(H,15,16)/p-1. The summed E-state index contributed by atoms with van der Waals surface area (Å²) in [7, 11) is 0. The van der Waals surface area contributed by atoms with Crippen LogP contribution in [0.1, 0.15) is 26.2 Å². The number of ether oxygens (including phenoxy) is 1. The lowest BCUT2D eigenvalue weighted by atomic mass is 9.77. The van der Waals surface area contributed by atoms with Crippen LogP contribution in [0.3, 0.4) is 0 Å². The highest BCUT2D eigenvalue weighted by Gasteiger charge is 2.43. The highest BCUT2D eigenvalue weighted by molar-refractivity contribution is 5.81. The van der Waals surface area contributed by atoms with Crippen LogP contribution < -0.4 is 5.11 Å². The topological polar surface area (TPSA) is 86.7 Å². The Morgan fingerprint density at radius 3 is 2.76 bits per heavy atom. The molecule has 96 valence electrons. The molecule has 1 atom stereocenters. The van der Waals surface area contributed by atoms with Gasteiger partial charge in [-0.1, -0.05) is 0 Å². The minimum atomic E-state index is -1.32. The van der Waals surface area contributed by atoms with Gasteiger partial charge in [-0.3, -0.25) is 4.79 Å². The van der Waals surface area contributed by atoms with Gasteiger partial charge in [0.1, 0.15) is 12.4 Å². The number of aldehydes is 1. The summed E-state index contributed by atoms with van der Waals surface area (Å²) in [5.74, 6) is -0.502. The van der Waals surface area contributed by atoms with Crippen molar-refractivity contribution in [3.8, 4) is 0 Å². The molecule has 0 bridgehead atoms. The largest absolute Gasteiger partial charge is 0.530 e. The van der Waals surface area contributed by atoms with Crippen LogP contribution in [0.15, 0.2) is 0 Å². The first-order valence-corrected chi connectivity index (χ1v) is 5.62. The molecule has 1 amide bonds. The lowest BCUT2D eigenvalue weighted by Crippen LogP contribution is -2.54. The second-order valence-electron chi connectivity index (χ2n) is 4.16. The number of rotatable bonds is 4. The summed E-state index contributed by atoms with van der Waals surface area (Å²) in [6.45, 7) is 2.20. The van der Waals surface area contributed by atoms with Crippen LogP contribution >= 0.6 is 0 Å². The number of carboxylic acid groups (broad SMARTS) is 1. The van der Waals surface area contributed by atoms with E-state index >= 15 is 0 Å². The average Bonchev–Trinajstić information content (AvgIpc) is 2.30. The Morgan fingerprint density at radius 2 is 2.24 bits per heavy atom. The molecule has 1 rings (SSSR count). The van der Waals surface area contributed by atoms with E-state index in [0.29, 0.717) is 25.7 Å².